The van der Waals surface area contributed by atoms with Crippen LogP contribution in [0.5, 0.6) is 0 Å². The Kier molecular flexibility index (Phi) is 9.48. The summed E-state index contributed by atoms with van der Waals surface area (Å²) in [7, 11) is 4.06. The van der Waals surface area contributed by atoms with E-state index in [2.05, 4.69) is 21.2 Å². The molecule has 0 spiro atoms. The van der Waals surface area contributed by atoms with Crippen molar-refractivity contribution in [3.8, 4) is 0 Å². The maximum atomic E-state index is 11.0. The van der Waals surface area contributed by atoms with E-state index in [9.17, 15) is 3.89 Å². The fraction of sp³-hybridized carbons (Fsp3) is 0. The summed E-state index contributed by atoms with van der Waals surface area (Å²) in [6, 6.07) is 0. The van der Waals surface area contributed by atoms with Crippen LogP contribution in [0.15, 0.2) is 0 Å². The lowest BCUT2D eigenvalue weighted by atomic mass is 18.9. The van der Waals surface area contributed by atoms with Crippen molar-refractivity contribution in [1.82, 2.24) is 0 Å². The number of rotatable bonds is 3. The first kappa shape index (κ1) is 8.06. The topological polar surface area (TPSA) is 0 Å². The molecular weight excluding hydrogens is 274 g/mol. The van der Waals surface area contributed by atoms with Crippen molar-refractivity contribution in [2.45, 2.75) is 0 Å². The van der Waals surface area contributed by atoms with Gasteiger partial charge in [-0.1, -0.05) is 0 Å². The third-order valence-electron chi connectivity index (χ3n) is 0.0792. The Hall–Kier alpha value is 2.06. The van der Waals surface area contributed by atoms with E-state index in [-0.39, 0.29) is 11.2 Å². The Morgan fingerprint density at radius 2 is 2.00 bits per heavy atom. The van der Waals surface area contributed by atoms with E-state index in [0.717, 1.165) is 9.83 Å². The van der Waals surface area contributed by atoms with Crippen LogP contribution in [0.3, 0.4) is 0 Å². The Morgan fingerprint density at radius 1 is 1.33 bits per heavy atom. The molecule has 0 saturated heterocycles. The first-order valence-electron chi connectivity index (χ1n) is 0.809. The molecule has 0 fully saturated rings. The smallest absolute Gasteiger partial charge is 0.127 e. The molecule has 6 heteroatoms. The van der Waals surface area contributed by atoms with E-state index < -0.39 is 0 Å². The molecule has 0 aromatic heterocycles. The molecule has 0 atom stereocenters. The molecule has 0 aliphatic rings. The van der Waals surface area contributed by atoms with E-state index in [0.29, 0.717) is 0 Å². The Bertz CT molecular complexity index is 19.5. The third kappa shape index (κ3) is 6.06. The highest BCUT2D eigenvalue weighted by atomic mass is 127. The van der Waals surface area contributed by atoms with Gasteiger partial charge >= 0.3 is 0 Å². The zero-order valence-electron chi connectivity index (χ0n) is 2.39. The molecule has 0 rings (SSSR count). The second kappa shape index (κ2) is 7.06. The molecule has 0 unspecified atom stereocenters. The Labute approximate surface area is 63.2 Å². The van der Waals surface area contributed by atoms with Crippen molar-refractivity contribution in [2.24, 2.45) is 0 Å². The molecule has 0 aromatic rings. The summed E-state index contributed by atoms with van der Waals surface area (Å²) in [5.74, 6) is 0. The van der Waals surface area contributed by atoms with Crippen LogP contribution in [0.4, 0.5) is 3.89 Å². The lowest BCUT2D eigenvalue weighted by molar-refractivity contribution is 0.954. The first-order chi connectivity index (χ1) is 2.91. The van der Waals surface area contributed by atoms with E-state index in [4.69, 9.17) is 0 Å². The minimum Gasteiger partial charge on any atom is -0.152 e. The first-order valence-corrected chi connectivity index (χ1v) is 8.07. The minimum atomic E-state index is 0.280. The van der Waals surface area contributed by atoms with Crippen molar-refractivity contribution >= 4 is 60.0 Å². The SMILES string of the molecule is FSSSSI. The van der Waals surface area contributed by atoms with Crippen LogP contribution in [0, 0.1) is 0 Å². The highest BCUT2D eigenvalue weighted by Gasteiger charge is 1.83. The maximum Gasteiger partial charge on any atom is 0.127 e. The molecule has 0 radical (unpaired) electrons. The molecule has 0 heterocycles. The normalized spacial score (nSPS) is 9.00. The zero-order valence-corrected chi connectivity index (χ0v) is 7.81. The quantitative estimate of drug-likeness (QED) is 0.434. The Balaban J connectivity index is 2.34. The van der Waals surface area contributed by atoms with Crippen LogP contribution in [0.25, 0.3) is 0 Å². The summed E-state index contributed by atoms with van der Waals surface area (Å²) >= 11 is 2.37. The van der Waals surface area contributed by atoms with Gasteiger partial charge in [0.1, 0.15) is 11.2 Å². The summed E-state index contributed by atoms with van der Waals surface area (Å²) < 4.78 is 11.0. The minimum absolute atomic E-state index is 0.280. The molecule has 0 N–H and O–H groups in total. The van der Waals surface area contributed by atoms with E-state index in [1.54, 1.807) is 0 Å². The van der Waals surface area contributed by atoms with Crippen LogP contribution in [-0.2, 0) is 0 Å². The van der Waals surface area contributed by atoms with Gasteiger partial charge in [0.25, 0.3) is 0 Å². The largest absolute Gasteiger partial charge is 0.152 e. The van der Waals surface area contributed by atoms with Crippen molar-refractivity contribution in [3.63, 3.8) is 0 Å². The van der Waals surface area contributed by atoms with Gasteiger partial charge in [-0.25, -0.2) is 0 Å². The predicted octanol–water partition coefficient (Wildman–Crippen LogP) is 3.90. The van der Waals surface area contributed by atoms with Gasteiger partial charge in [-0.3, -0.25) is 0 Å². The predicted molar refractivity (Wildman–Crippen MR) is 45.5 cm³/mol. The van der Waals surface area contributed by atoms with Gasteiger partial charge in [0.2, 0.25) is 0 Å². The van der Waals surface area contributed by atoms with E-state index >= 15 is 0 Å². The third-order valence-corrected chi connectivity index (χ3v) is 7.60. The molecule has 0 nitrogen and oxygen atoms in total. The molecular formula is FIS4. The van der Waals surface area contributed by atoms with Crippen LogP contribution in [-0.4, -0.2) is 0 Å². The van der Waals surface area contributed by atoms with Gasteiger partial charge in [-0.2, -0.15) is 3.89 Å². The van der Waals surface area contributed by atoms with E-state index in [1.165, 1.54) is 17.8 Å². The molecule has 0 aliphatic heterocycles. The van der Waals surface area contributed by atoms with Crippen molar-refractivity contribution in [1.29, 1.82) is 0 Å². The van der Waals surface area contributed by atoms with Crippen LogP contribution in [0.1, 0.15) is 0 Å². The van der Waals surface area contributed by atoms with E-state index in [1.807, 2.05) is 0 Å². The average molecular weight is 274 g/mol. The van der Waals surface area contributed by atoms with Gasteiger partial charge in [0, 0.05) is 40.9 Å². The van der Waals surface area contributed by atoms with Gasteiger partial charge < -0.3 is 0 Å². The van der Waals surface area contributed by atoms with Crippen molar-refractivity contribution < 1.29 is 3.89 Å². The number of hydrogen-bond acceptors (Lipinski definition) is 4. The molecule has 6 heavy (non-hydrogen) atoms. The monoisotopic (exact) mass is 274 g/mol. The summed E-state index contributed by atoms with van der Waals surface area (Å²) in [5, 5.41) is 0. The number of hydrogen-bond donors (Lipinski definition) is 0. The van der Waals surface area contributed by atoms with Crippen LogP contribution in [0.2, 0.25) is 0 Å². The fourth-order valence-electron chi connectivity index (χ4n) is 0.0210. The summed E-state index contributed by atoms with van der Waals surface area (Å²) in [6.07, 6.45) is 0. The van der Waals surface area contributed by atoms with Crippen LogP contribution < -0.4 is 0 Å². The highest BCUT2D eigenvalue weighted by molar-refractivity contribution is 14.2. The lowest BCUT2D eigenvalue weighted by Crippen LogP contribution is -1.16. The molecule has 0 saturated carbocycles. The summed E-state index contributed by atoms with van der Waals surface area (Å²) in [4.78, 5) is 0. The lowest BCUT2D eigenvalue weighted by Gasteiger charge is -1.78. The van der Waals surface area contributed by atoms with Crippen molar-refractivity contribution in [2.75, 3.05) is 0 Å². The molecule has 0 amide bonds. The standard InChI is InChI=1S/FIS4/c1-3-5-6-4-2. The van der Waals surface area contributed by atoms with Gasteiger partial charge in [0.15, 0.2) is 0 Å². The second-order valence-corrected chi connectivity index (χ2v) is 8.04. The van der Waals surface area contributed by atoms with Crippen molar-refractivity contribution in [3.05, 3.63) is 0 Å². The maximum absolute atomic E-state index is 11.0. The van der Waals surface area contributed by atoms with Gasteiger partial charge in [-0.15, -0.1) is 0 Å². The van der Waals surface area contributed by atoms with Crippen LogP contribution >= 0.6 is 60.0 Å². The average Bonchev–Trinajstić information content (AvgIpc) is 1.61. The number of halogens is 2. The summed E-state index contributed by atoms with van der Waals surface area (Å²) in [6.45, 7) is 0. The molecule has 0 aliphatic carbocycles. The van der Waals surface area contributed by atoms with Gasteiger partial charge in [-0.05, 0) is 7.97 Å². The molecule has 0 bridgehead atoms. The van der Waals surface area contributed by atoms with Gasteiger partial charge in [0.05, 0.1) is 0 Å². The molecule has 38 valence electrons. The second-order valence-electron chi connectivity index (χ2n) is 0.262. The molecule has 0 aromatic carbocycles. The fourth-order valence-corrected chi connectivity index (χ4v) is 6.56. The zero-order chi connectivity index (χ0) is 4.83. The Morgan fingerprint density at radius 3 is 2.17 bits per heavy atom. The summed E-state index contributed by atoms with van der Waals surface area (Å²) in [5.41, 5.74) is 0. The highest BCUT2D eigenvalue weighted by Crippen LogP contribution is 2.46.